The molecule has 1 amide bonds. The highest BCUT2D eigenvalue weighted by Gasteiger charge is 2.13. The van der Waals surface area contributed by atoms with Crippen LogP contribution in [0, 0.1) is 6.92 Å². The second kappa shape index (κ2) is 6.19. The first-order valence-corrected chi connectivity index (χ1v) is 6.55. The number of carbonyl (C=O) groups is 1. The molecule has 0 bridgehead atoms. The van der Waals surface area contributed by atoms with Crippen molar-refractivity contribution in [3.63, 3.8) is 0 Å². The van der Waals surface area contributed by atoms with Crippen molar-refractivity contribution in [1.82, 2.24) is 9.88 Å². The predicted molar refractivity (Wildman–Crippen MR) is 80.8 cm³/mol. The van der Waals surface area contributed by atoms with Crippen LogP contribution in [-0.4, -0.2) is 29.9 Å². The first-order chi connectivity index (χ1) is 9.61. The molecule has 0 unspecified atom stereocenters. The maximum absolute atomic E-state index is 12.3. The molecule has 0 saturated carbocycles. The van der Waals surface area contributed by atoms with Crippen LogP contribution in [0.3, 0.4) is 0 Å². The first-order valence-electron chi connectivity index (χ1n) is 6.55. The summed E-state index contributed by atoms with van der Waals surface area (Å²) < 4.78 is 0. The normalized spacial score (nSPS) is 10.2. The molecule has 0 aliphatic heterocycles. The number of pyridine rings is 1. The van der Waals surface area contributed by atoms with Crippen LogP contribution in [0.5, 0.6) is 0 Å². The van der Waals surface area contributed by atoms with Crippen molar-refractivity contribution in [3.8, 4) is 0 Å². The number of amides is 1. The number of nitrogens with one attached hydrogen (secondary N) is 1. The quantitative estimate of drug-likeness (QED) is 0.928. The third kappa shape index (κ3) is 3.15. The van der Waals surface area contributed by atoms with Gasteiger partial charge in [0, 0.05) is 26.8 Å². The fraction of sp³-hybridized carbons (Fsp3) is 0.250. The van der Waals surface area contributed by atoms with E-state index in [0.717, 1.165) is 11.4 Å². The number of benzene rings is 1. The second-order valence-electron chi connectivity index (χ2n) is 4.77. The Labute approximate surface area is 119 Å². The highest BCUT2D eigenvalue weighted by Crippen LogP contribution is 2.12. The van der Waals surface area contributed by atoms with Gasteiger partial charge in [-0.3, -0.25) is 4.79 Å². The summed E-state index contributed by atoms with van der Waals surface area (Å²) in [4.78, 5) is 18.2. The van der Waals surface area contributed by atoms with Gasteiger partial charge in [-0.1, -0.05) is 24.3 Å². The van der Waals surface area contributed by atoms with Crippen LogP contribution < -0.4 is 5.32 Å². The minimum absolute atomic E-state index is 0.0246. The van der Waals surface area contributed by atoms with E-state index >= 15 is 0 Å². The van der Waals surface area contributed by atoms with Gasteiger partial charge in [0.1, 0.15) is 5.82 Å². The Morgan fingerprint density at radius 3 is 2.60 bits per heavy atom. The minimum Gasteiger partial charge on any atom is -0.373 e. The molecule has 0 atom stereocenters. The Balaban J connectivity index is 2.10. The lowest BCUT2D eigenvalue weighted by Crippen LogP contribution is -2.26. The molecule has 1 N–H and O–H groups in total. The molecular weight excluding hydrogens is 250 g/mol. The number of nitrogens with zero attached hydrogens (tertiary/aromatic N) is 2. The molecule has 1 aromatic heterocycles. The topological polar surface area (TPSA) is 45.2 Å². The zero-order chi connectivity index (χ0) is 14.5. The third-order valence-electron chi connectivity index (χ3n) is 3.28. The van der Waals surface area contributed by atoms with Crippen molar-refractivity contribution in [2.24, 2.45) is 0 Å². The molecular formula is C16H19N3O. The van der Waals surface area contributed by atoms with Crippen LogP contribution in [0.1, 0.15) is 21.5 Å². The maximum Gasteiger partial charge on any atom is 0.255 e. The fourth-order valence-electron chi connectivity index (χ4n) is 2.00. The van der Waals surface area contributed by atoms with Crippen LogP contribution in [0.25, 0.3) is 0 Å². The van der Waals surface area contributed by atoms with Crippen LogP contribution in [0.15, 0.2) is 42.6 Å². The Hall–Kier alpha value is -2.36. The summed E-state index contributed by atoms with van der Waals surface area (Å²) in [6, 6.07) is 11.7. The van der Waals surface area contributed by atoms with Crippen molar-refractivity contribution in [2.45, 2.75) is 13.5 Å². The lowest BCUT2D eigenvalue weighted by molar-refractivity contribution is 0.0784. The summed E-state index contributed by atoms with van der Waals surface area (Å²) >= 11 is 0. The smallest absolute Gasteiger partial charge is 0.255 e. The Morgan fingerprint density at radius 1 is 1.25 bits per heavy atom. The predicted octanol–water partition coefficient (Wildman–Crippen LogP) is 2.70. The van der Waals surface area contributed by atoms with Gasteiger partial charge in [0.2, 0.25) is 0 Å². The van der Waals surface area contributed by atoms with Crippen molar-refractivity contribution in [3.05, 3.63) is 59.3 Å². The summed E-state index contributed by atoms with van der Waals surface area (Å²) in [6.45, 7) is 2.65. The molecule has 2 aromatic rings. The lowest BCUT2D eigenvalue weighted by Gasteiger charge is -2.18. The molecule has 0 saturated heterocycles. The van der Waals surface area contributed by atoms with Crippen molar-refractivity contribution >= 4 is 11.7 Å². The van der Waals surface area contributed by atoms with E-state index in [2.05, 4.69) is 23.3 Å². The summed E-state index contributed by atoms with van der Waals surface area (Å²) in [5.41, 5.74) is 2.94. The molecule has 0 aliphatic rings. The largest absolute Gasteiger partial charge is 0.373 e. The van der Waals surface area contributed by atoms with Gasteiger partial charge in [0.25, 0.3) is 5.91 Å². The maximum atomic E-state index is 12.3. The number of carbonyl (C=O) groups excluding carboxylic acids is 1. The molecule has 2 rings (SSSR count). The van der Waals surface area contributed by atoms with Crippen LogP contribution in [0.2, 0.25) is 0 Å². The molecule has 0 spiro atoms. The second-order valence-corrected chi connectivity index (χ2v) is 4.77. The lowest BCUT2D eigenvalue weighted by atomic mass is 10.1. The average Bonchev–Trinajstić information content (AvgIpc) is 2.49. The standard InChI is InChI=1S/C16H19N3O/c1-12-6-4-5-7-14(12)11-19(3)16(20)13-8-9-15(17-2)18-10-13/h4-10H,11H2,1-3H3,(H,17,18). The SMILES string of the molecule is CNc1ccc(C(=O)N(C)Cc2ccccc2C)cn1. The molecule has 0 fully saturated rings. The number of aromatic nitrogens is 1. The molecule has 1 heterocycles. The number of aryl methyl sites for hydroxylation is 1. The van der Waals surface area contributed by atoms with Gasteiger partial charge >= 0.3 is 0 Å². The van der Waals surface area contributed by atoms with Crippen LogP contribution >= 0.6 is 0 Å². The van der Waals surface area contributed by atoms with Gasteiger partial charge in [-0.2, -0.15) is 0 Å². The fourth-order valence-corrected chi connectivity index (χ4v) is 2.00. The Bertz CT molecular complexity index is 593. The van der Waals surface area contributed by atoms with E-state index < -0.39 is 0 Å². The molecule has 4 heteroatoms. The molecule has 4 nitrogen and oxygen atoms in total. The van der Waals surface area contributed by atoms with Crippen molar-refractivity contribution in [2.75, 3.05) is 19.4 Å². The Morgan fingerprint density at radius 2 is 2.00 bits per heavy atom. The zero-order valence-electron chi connectivity index (χ0n) is 12.1. The van der Waals surface area contributed by atoms with Gasteiger partial charge in [-0.05, 0) is 30.2 Å². The average molecular weight is 269 g/mol. The van der Waals surface area contributed by atoms with E-state index in [4.69, 9.17) is 0 Å². The van der Waals surface area contributed by atoms with E-state index in [1.165, 1.54) is 5.56 Å². The number of anilines is 1. The molecule has 104 valence electrons. The van der Waals surface area contributed by atoms with Gasteiger partial charge in [-0.15, -0.1) is 0 Å². The Kier molecular flexibility index (Phi) is 4.35. The van der Waals surface area contributed by atoms with E-state index in [-0.39, 0.29) is 5.91 Å². The van der Waals surface area contributed by atoms with E-state index in [0.29, 0.717) is 12.1 Å². The van der Waals surface area contributed by atoms with Gasteiger partial charge in [-0.25, -0.2) is 4.98 Å². The number of hydrogen-bond acceptors (Lipinski definition) is 3. The van der Waals surface area contributed by atoms with E-state index in [1.54, 1.807) is 37.3 Å². The van der Waals surface area contributed by atoms with Gasteiger partial charge in [0.05, 0.1) is 5.56 Å². The highest BCUT2D eigenvalue weighted by molar-refractivity contribution is 5.93. The summed E-state index contributed by atoms with van der Waals surface area (Å²) in [5, 5.41) is 2.93. The van der Waals surface area contributed by atoms with Crippen molar-refractivity contribution < 1.29 is 4.79 Å². The molecule has 1 aromatic carbocycles. The highest BCUT2D eigenvalue weighted by atomic mass is 16.2. The zero-order valence-corrected chi connectivity index (χ0v) is 12.1. The third-order valence-corrected chi connectivity index (χ3v) is 3.28. The number of hydrogen-bond donors (Lipinski definition) is 1. The van der Waals surface area contributed by atoms with Gasteiger partial charge < -0.3 is 10.2 Å². The van der Waals surface area contributed by atoms with Crippen LogP contribution in [0.4, 0.5) is 5.82 Å². The minimum atomic E-state index is -0.0246. The van der Waals surface area contributed by atoms with E-state index in [1.807, 2.05) is 18.2 Å². The van der Waals surface area contributed by atoms with Gasteiger partial charge in [0.15, 0.2) is 0 Å². The first kappa shape index (κ1) is 14.1. The summed E-state index contributed by atoms with van der Waals surface area (Å²) in [6.07, 6.45) is 1.60. The van der Waals surface area contributed by atoms with E-state index in [9.17, 15) is 4.79 Å². The van der Waals surface area contributed by atoms with Crippen molar-refractivity contribution in [1.29, 1.82) is 0 Å². The number of rotatable bonds is 4. The monoisotopic (exact) mass is 269 g/mol. The summed E-state index contributed by atoms with van der Waals surface area (Å²) in [5.74, 6) is 0.728. The van der Waals surface area contributed by atoms with Crippen LogP contribution in [-0.2, 0) is 6.54 Å². The summed E-state index contributed by atoms with van der Waals surface area (Å²) in [7, 11) is 3.61. The molecule has 0 aliphatic carbocycles. The molecule has 0 radical (unpaired) electrons. The molecule has 20 heavy (non-hydrogen) atoms.